The van der Waals surface area contributed by atoms with Crippen LogP contribution in [0.4, 0.5) is 5.82 Å². The molecule has 2 unspecified atom stereocenters. The van der Waals surface area contributed by atoms with Crippen LogP contribution >= 0.6 is 23.2 Å². The lowest BCUT2D eigenvalue weighted by molar-refractivity contribution is -0.144. The summed E-state index contributed by atoms with van der Waals surface area (Å²) in [6.07, 6.45) is 7.41. The van der Waals surface area contributed by atoms with Crippen LogP contribution in [0.3, 0.4) is 0 Å². The molecular weight excluding hydrogens is 511 g/mol. The zero-order chi connectivity index (χ0) is 26.1. The minimum atomic E-state index is -0.619. The largest absolute Gasteiger partial charge is 0.481 e. The first-order chi connectivity index (χ1) is 17.8. The number of rotatable bonds is 5. The molecule has 4 heterocycles. The number of aromatic nitrogens is 4. The van der Waals surface area contributed by atoms with Crippen molar-refractivity contribution in [2.75, 3.05) is 31.1 Å². The molecule has 3 fully saturated rings. The van der Waals surface area contributed by atoms with Crippen molar-refractivity contribution in [3.8, 4) is 0 Å². The number of carboxylic acids is 1. The number of piperidine rings is 1. The molecule has 1 saturated carbocycles. The van der Waals surface area contributed by atoms with Gasteiger partial charge in [0.2, 0.25) is 0 Å². The molecule has 2 aliphatic heterocycles. The average Bonchev–Trinajstić information content (AvgIpc) is 3.13. The van der Waals surface area contributed by atoms with E-state index in [9.17, 15) is 4.79 Å². The lowest BCUT2D eigenvalue weighted by atomic mass is 9.81. The molecule has 198 valence electrons. The van der Waals surface area contributed by atoms with Crippen molar-refractivity contribution in [2.24, 2.45) is 17.8 Å². The lowest BCUT2D eigenvalue weighted by Gasteiger charge is -2.45. The highest BCUT2D eigenvalue weighted by Crippen LogP contribution is 2.34. The minimum Gasteiger partial charge on any atom is -0.481 e. The monoisotopic (exact) mass is 544 g/mol. The average molecular weight is 546 g/mol. The lowest BCUT2D eigenvalue weighted by Crippen LogP contribution is -2.53. The molecular formula is C27H34Cl2N6O2. The maximum Gasteiger partial charge on any atom is 0.306 e. The standard InChI is InChI=1S/C22H26Cl2N6.C5H8O2/c1-13-21-22(30(28-13)14(2)18-6-5-17(23)8-19(18)24)27-20(10-26-21)29-11-16(12-29)15-4-3-7-25-9-15;6-5(7)4-2-1-3-4/h5-6,8,10,14-16,25H,3-4,7,9,11-12H2,1-2H3;4H,1-3H2,(H,6,7). The van der Waals surface area contributed by atoms with Gasteiger partial charge in [-0.3, -0.25) is 4.79 Å². The fraction of sp³-hybridized carbons (Fsp3) is 0.556. The van der Waals surface area contributed by atoms with Gasteiger partial charge in [0.25, 0.3) is 0 Å². The smallest absolute Gasteiger partial charge is 0.306 e. The van der Waals surface area contributed by atoms with Crippen LogP contribution in [-0.4, -0.2) is 57.0 Å². The Balaban J connectivity index is 0.000000348. The number of hydrogen-bond donors (Lipinski definition) is 2. The summed E-state index contributed by atoms with van der Waals surface area (Å²) in [5.41, 5.74) is 3.47. The van der Waals surface area contributed by atoms with Crippen molar-refractivity contribution >= 4 is 46.2 Å². The number of benzene rings is 1. The summed E-state index contributed by atoms with van der Waals surface area (Å²) in [5.74, 6) is 1.84. The number of carboxylic acid groups (broad SMARTS) is 1. The highest BCUT2D eigenvalue weighted by Gasteiger charge is 2.35. The van der Waals surface area contributed by atoms with E-state index in [4.69, 9.17) is 43.4 Å². The molecule has 3 aromatic rings. The van der Waals surface area contributed by atoms with Gasteiger partial charge in [0.1, 0.15) is 11.3 Å². The van der Waals surface area contributed by atoms with Crippen LogP contribution in [0.2, 0.25) is 10.0 Å². The molecule has 2 N–H and O–H groups in total. The third-order valence-corrected chi connectivity index (χ3v) is 8.59. The van der Waals surface area contributed by atoms with Crippen molar-refractivity contribution in [1.82, 2.24) is 25.1 Å². The van der Waals surface area contributed by atoms with Crippen LogP contribution in [0.1, 0.15) is 56.3 Å². The van der Waals surface area contributed by atoms with E-state index in [0.29, 0.717) is 10.0 Å². The number of fused-ring (bicyclic) bond motifs is 1. The number of nitrogens with zero attached hydrogens (tertiary/aromatic N) is 5. The van der Waals surface area contributed by atoms with Crippen LogP contribution < -0.4 is 10.2 Å². The molecule has 1 aromatic carbocycles. The van der Waals surface area contributed by atoms with Gasteiger partial charge in [-0.05, 0) is 82.2 Å². The van der Waals surface area contributed by atoms with Crippen LogP contribution in [0.5, 0.6) is 0 Å². The van der Waals surface area contributed by atoms with Gasteiger partial charge in [-0.2, -0.15) is 5.10 Å². The first kappa shape index (κ1) is 26.2. The van der Waals surface area contributed by atoms with Gasteiger partial charge < -0.3 is 15.3 Å². The number of aliphatic carboxylic acids is 1. The van der Waals surface area contributed by atoms with E-state index in [1.165, 1.54) is 12.8 Å². The van der Waals surface area contributed by atoms with E-state index < -0.39 is 5.97 Å². The predicted molar refractivity (Wildman–Crippen MR) is 147 cm³/mol. The number of aryl methyl sites for hydroxylation is 1. The second-order valence-corrected chi connectivity index (χ2v) is 11.4. The molecule has 2 aromatic heterocycles. The summed E-state index contributed by atoms with van der Waals surface area (Å²) in [4.78, 5) is 22.0. The highest BCUT2D eigenvalue weighted by molar-refractivity contribution is 6.35. The molecule has 0 radical (unpaired) electrons. The van der Waals surface area contributed by atoms with Gasteiger partial charge in [-0.25, -0.2) is 14.6 Å². The third kappa shape index (κ3) is 5.56. The zero-order valence-corrected chi connectivity index (χ0v) is 22.8. The number of halogens is 2. The van der Waals surface area contributed by atoms with Crippen LogP contribution in [-0.2, 0) is 4.79 Å². The number of hydrogen-bond acceptors (Lipinski definition) is 6. The Labute approximate surface area is 227 Å². The Bertz CT molecular complexity index is 1270. The van der Waals surface area contributed by atoms with Crippen LogP contribution in [0, 0.1) is 24.7 Å². The topological polar surface area (TPSA) is 96.2 Å². The maximum absolute atomic E-state index is 9.98. The van der Waals surface area contributed by atoms with Crippen molar-refractivity contribution in [3.05, 3.63) is 45.7 Å². The Hall–Kier alpha value is -2.42. The van der Waals surface area contributed by atoms with Crippen molar-refractivity contribution in [1.29, 1.82) is 0 Å². The predicted octanol–water partition coefficient (Wildman–Crippen LogP) is 5.36. The fourth-order valence-electron chi connectivity index (χ4n) is 5.37. The van der Waals surface area contributed by atoms with E-state index >= 15 is 0 Å². The summed E-state index contributed by atoms with van der Waals surface area (Å²) in [6.45, 7) is 8.46. The molecule has 0 spiro atoms. The van der Waals surface area contributed by atoms with Crippen LogP contribution in [0.25, 0.3) is 11.2 Å². The summed E-state index contributed by atoms with van der Waals surface area (Å²) in [7, 11) is 0. The Kier molecular flexibility index (Phi) is 7.88. The molecule has 0 bridgehead atoms. The van der Waals surface area contributed by atoms with E-state index in [2.05, 4.69) is 17.1 Å². The third-order valence-electron chi connectivity index (χ3n) is 8.03. The minimum absolute atomic E-state index is 0.000000000000000444. The van der Waals surface area contributed by atoms with Crippen molar-refractivity contribution in [2.45, 2.75) is 52.0 Å². The van der Waals surface area contributed by atoms with E-state index in [-0.39, 0.29) is 12.0 Å². The highest BCUT2D eigenvalue weighted by atomic mass is 35.5. The maximum atomic E-state index is 9.98. The Morgan fingerprint density at radius 1 is 1.16 bits per heavy atom. The van der Waals surface area contributed by atoms with Crippen molar-refractivity contribution in [3.63, 3.8) is 0 Å². The zero-order valence-electron chi connectivity index (χ0n) is 21.3. The van der Waals surface area contributed by atoms with Gasteiger partial charge in [0.05, 0.1) is 23.9 Å². The van der Waals surface area contributed by atoms with Gasteiger partial charge >= 0.3 is 5.97 Å². The van der Waals surface area contributed by atoms with E-state index in [0.717, 1.165) is 85.5 Å². The second kappa shape index (κ2) is 11.1. The first-order valence-corrected chi connectivity index (χ1v) is 13.9. The van der Waals surface area contributed by atoms with Gasteiger partial charge in [0, 0.05) is 23.1 Å². The van der Waals surface area contributed by atoms with E-state index in [1.54, 1.807) is 6.07 Å². The molecule has 8 nitrogen and oxygen atoms in total. The number of nitrogens with one attached hydrogen (secondary N) is 1. The quantitative estimate of drug-likeness (QED) is 0.446. The second-order valence-electron chi connectivity index (χ2n) is 10.5. The Morgan fingerprint density at radius 3 is 2.54 bits per heavy atom. The summed E-state index contributed by atoms with van der Waals surface area (Å²) in [6, 6.07) is 5.50. The first-order valence-electron chi connectivity index (χ1n) is 13.2. The normalized spacial score (nSPS) is 21.1. The molecule has 1 aliphatic carbocycles. The molecule has 0 amide bonds. The van der Waals surface area contributed by atoms with Gasteiger partial charge in [0.15, 0.2) is 5.65 Å². The molecule has 37 heavy (non-hydrogen) atoms. The van der Waals surface area contributed by atoms with Crippen LogP contribution in [0.15, 0.2) is 24.4 Å². The number of carbonyl (C=O) groups is 1. The molecule has 10 heteroatoms. The molecule has 3 aliphatic rings. The van der Waals surface area contributed by atoms with Gasteiger partial charge in [-0.1, -0.05) is 35.7 Å². The van der Waals surface area contributed by atoms with Crippen molar-refractivity contribution < 1.29 is 9.90 Å². The molecule has 2 atom stereocenters. The Morgan fingerprint density at radius 2 is 1.95 bits per heavy atom. The van der Waals surface area contributed by atoms with E-state index in [1.807, 2.05) is 29.9 Å². The van der Waals surface area contributed by atoms with Gasteiger partial charge in [-0.15, -0.1) is 0 Å². The molecule has 2 saturated heterocycles. The summed E-state index contributed by atoms with van der Waals surface area (Å²) >= 11 is 12.5. The number of anilines is 1. The molecule has 6 rings (SSSR count). The summed E-state index contributed by atoms with van der Waals surface area (Å²) < 4.78 is 1.93. The summed E-state index contributed by atoms with van der Waals surface area (Å²) in [5, 5.41) is 17.8. The fourth-order valence-corrected chi connectivity index (χ4v) is 5.94. The SMILES string of the molecule is Cc1nn(C(C)c2ccc(Cl)cc2Cl)c2nc(N3CC(C4CCCNC4)C3)cnc12.O=C(O)C1CCC1.